The van der Waals surface area contributed by atoms with Crippen LogP contribution in [-0.2, 0) is 38.1 Å². The predicted molar refractivity (Wildman–Crippen MR) is 308 cm³/mol. The fourth-order valence-electron chi connectivity index (χ4n) is 10.1. The van der Waals surface area contributed by atoms with E-state index in [4.69, 9.17) is 23.7 Å². The Morgan fingerprint density at radius 1 is 0.560 bits per heavy atom. The van der Waals surface area contributed by atoms with Crippen molar-refractivity contribution in [1.82, 2.24) is 8.75 Å². The lowest BCUT2D eigenvalue weighted by atomic mass is 9.83. The van der Waals surface area contributed by atoms with Crippen molar-refractivity contribution in [1.29, 1.82) is 0 Å². The molecule has 0 fully saturated rings. The molecule has 1 aliphatic rings. The summed E-state index contributed by atoms with van der Waals surface area (Å²) in [5, 5.41) is 0. The summed E-state index contributed by atoms with van der Waals surface area (Å²) in [5.41, 5.74) is 1.61. The highest BCUT2D eigenvalue weighted by atomic mass is 32.1. The van der Waals surface area contributed by atoms with Gasteiger partial charge in [0.05, 0.1) is 38.3 Å². The van der Waals surface area contributed by atoms with Crippen LogP contribution in [0.25, 0.3) is 5.57 Å². The largest absolute Gasteiger partial charge is 0.475 e. The van der Waals surface area contributed by atoms with Crippen LogP contribution in [0.1, 0.15) is 298 Å². The van der Waals surface area contributed by atoms with Gasteiger partial charge in [-0.1, -0.05) is 227 Å². The van der Waals surface area contributed by atoms with Crippen LogP contribution in [0.5, 0.6) is 5.88 Å². The Morgan fingerprint density at radius 2 is 0.987 bits per heavy atom. The van der Waals surface area contributed by atoms with Gasteiger partial charge in [0, 0.05) is 38.2 Å². The van der Waals surface area contributed by atoms with Gasteiger partial charge < -0.3 is 23.7 Å². The SMILES string of the molecule is CCCCCCCCCCCCCCCC(=O)OCC(COC(=O)CCCCCCCCCCCCCCC)OC(=O)CCCCCC(C)(C)CC(=O)O[C@@H](C)[N+]1(C)CCC=C(c2nsnc2OCCCCCC)C1. The highest BCUT2D eigenvalue weighted by Crippen LogP contribution is 2.33. The van der Waals surface area contributed by atoms with Crippen molar-refractivity contribution in [2.24, 2.45) is 5.41 Å². The maximum atomic E-state index is 13.4. The summed E-state index contributed by atoms with van der Waals surface area (Å²) in [6.07, 6.45) is 42.6. The van der Waals surface area contributed by atoms with Gasteiger partial charge in [0.1, 0.15) is 25.5 Å². The number of hydrogen-bond donors (Lipinski definition) is 0. The zero-order chi connectivity index (χ0) is 54.7. The normalized spacial score (nSPS) is 15.2. The zero-order valence-electron chi connectivity index (χ0n) is 49.3. The van der Waals surface area contributed by atoms with Crippen LogP contribution in [0.4, 0.5) is 0 Å². The molecule has 2 heterocycles. The van der Waals surface area contributed by atoms with E-state index >= 15 is 0 Å². The molecular weight excluding hydrogens is 963 g/mol. The Kier molecular flexibility index (Phi) is 39.8. The number of ether oxygens (including phenoxy) is 5. The van der Waals surface area contributed by atoms with Crippen molar-refractivity contribution in [3.63, 3.8) is 0 Å². The summed E-state index contributed by atoms with van der Waals surface area (Å²) in [4.78, 5) is 52.0. The van der Waals surface area contributed by atoms with Gasteiger partial charge in [0.15, 0.2) is 6.10 Å². The molecule has 1 aliphatic heterocycles. The van der Waals surface area contributed by atoms with Crippen LogP contribution in [-0.4, -0.2) is 89.4 Å². The fourth-order valence-corrected chi connectivity index (χ4v) is 10.6. The lowest BCUT2D eigenvalue weighted by Crippen LogP contribution is -2.55. The van der Waals surface area contributed by atoms with Crippen LogP contribution >= 0.6 is 11.7 Å². The van der Waals surface area contributed by atoms with Crippen LogP contribution < -0.4 is 4.74 Å². The Balaban J connectivity index is 1.75. The fraction of sp³-hybridized carbons (Fsp3) is 0.871. The number of carbonyl (C=O) groups excluding carboxylic acids is 4. The molecule has 0 saturated heterocycles. The van der Waals surface area contributed by atoms with E-state index in [0.29, 0.717) is 49.2 Å². The van der Waals surface area contributed by atoms with Crippen LogP contribution in [0, 0.1) is 5.41 Å². The molecule has 0 bridgehead atoms. The monoisotopic (exact) mass is 1070 g/mol. The van der Waals surface area contributed by atoms with Crippen molar-refractivity contribution < 1.29 is 47.3 Å². The van der Waals surface area contributed by atoms with Crippen LogP contribution in [0.15, 0.2) is 6.08 Å². The molecule has 0 aliphatic carbocycles. The van der Waals surface area contributed by atoms with Crippen molar-refractivity contribution in [2.75, 3.05) is 40.0 Å². The summed E-state index contributed by atoms with van der Waals surface area (Å²) < 4.78 is 38.7. The smallest absolute Gasteiger partial charge is 0.310 e. The number of likely N-dealkylation sites (N-methyl/N-ethyl adjacent to an activating group) is 1. The summed E-state index contributed by atoms with van der Waals surface area (Å²) in [6.45, 7) is 14.8. The third-order valence-corrected chi connectivity index (χ3v) is 15.7. The summed E-state index contributed by atoms with van der Waals surface area (Å²) in [6, 6.07) is 0. The minimum absolute atomic E-state index is 0.133. The highest BCUT2D eigenvalue weighted by molar-refractivity contribution is 6.99. The number of aromatic nitrogens is 2. The van der Waals surface area contributed by atoms with Gasteiger partial charge in [0.2, 0.25) is 6.23 Å². The van der Waals surface area contributed by atoms with Crippen molar-refractivity contribution in [2.45, 2.75) is 304 Å². The molecule has 0 amide bonds. The first-order valence-corrected chi connectivity index (χ1v) is 31.7. The third kappa shape index (κ3) is 35.1. The van der Waals surface area contributed by atoms with Gasteiger partial charge in [-0.25, -0.2) is 0 Å². The maximum Gasteiger partial charge on any atom is 0.310 e. The van der Waals surface area contributed by atoms with Crippen molar-refractivity contribution in [3.05, 3.63) is 11.8 Å². The molecule has 0 spiro atoms. The van der Waals surface area contributed by atoms with E-state index in [2.05, 4.69) is 56.5 Å². The molecule has 0 radical (unpaired) electrons. The third-order valence-electron chi connectivity index (χ3n) is 15.2. The molecule has 1 aromatic heterocycles. The molecule has 13 heteroatoms. The van der Waals surface area contributed by atoms with Crippen molar-refractivity contribution >= 4 is 41.2 Å². The Hall–Kier alpha value is -3.06. The Bertz CT molecular complexity index is 1610. The van der Waals surface area contributed by atoms with Gasteiger partial charge >= 0.3 is 23.9 Å². The van der Waals surface area contributed by atoms with E-state index in [1.165, 1.54) is 153 Å². The number of unbranched alkanes of at least 4 members (excludes halogenated alkanes) is 29. The number of esters is 4. The van der Waals surface area contributed by atoms with Gasteiger partial charge in [-0.05, 0) is 37.5 Å². The van der Waals surface area contributed by atoms with E-state index in [1.54, 1.807) is 0 Å². The topological polar surface area (TPSA) is 140 Å². The molecule has 0 saturated carbocycles. The second-order valence-corrected chi connectivity index (χ2v) is 23.7. The van der Waals surface area contributed by atoms with E-state index in [1.807, 2.05) is 6.92 Å². The minimum Gasteiger partial charge on any atom is -0.475 e. The number of quaternary nitrogens is 1. The molecule has 12 nitrogen and oxygen atoms in total. The molecule has 2 rings (SSSR count). The number of carbonyl (C=O) groups is 4. The molecule has 1 aromatic rings. The first-order chi connectivity index (χ1) is 36.3. The quantitative estimate of drug-likeness (QED) is 0.0266. The summed E-state index contributed by atoms with van der Waals surface area (Å²) >= 11 is 1.17. The number of rotatable bonds is 50. The molecule has 434 valence electrons. The highest BCUT2D eigenvalue weighted by Gasteiger charge is 2.37. The van der Waals surface area contributed by atoms with E-state index in [0.717, 1.165) is 94.9 Å². The first-order valence-electron chi connectivity index (χ1n) is 31.0. The second kappa shape index (κ2) is 43.9. The molecule has 1 unspecified atom stereocenters. The van der Waals surface area contributed by atoms with Gasteiger partial charge in [-0.15, -0.1) is 4.37 Å². The van der Waals surface area contributed by atoms with Crippen LogP contribution in [0.2, 0.25) is 0 Å². The lowest BCUT2D eigenvalue weighted by molar-refractivity contribution is -0.944. The average molecular weight is 1080 g/mol. The van der Waals surface area contributed by atoms with E-state index in [-0.39, 0.29) is 49.2 Å². The minimum atomic E-state index is -0.853. The second-order valence-electron chi connectivity index (χ2n) is 23.2. The maximum absolute atomic E-state index is 13.4. The summed E-state index contributed by atoms with van der Waals surface area (Å²) in [5.74, 6) is -0.640. The molecule has 75 heavy (non-hydrogen) atoms. The lowest BCUT2D eigenvalue weighted by Gasteiger charge is -2.41. The van der Waals surface area contributed by atoms with Gasteiger partial charge in [-0.3, -0.25) is 23.7 Å². The molecule has 0 N–H and O–H groups in total. The molecule has 2 atom stereocenters. The van der Waals surface area contributed by atoms with Gasteiger partial charge in [-0.2, -0.15) is 4.37 Å². The molecular formula is C62H112N3O9S+. The van der Waals surface area contributed by atoms with Gasteiger partial charge in [0.25, 0.3) is 5.88 Å². The van der Waals surface area contributed by atoms with Crippen LogP contribution in [0.3, 0.4) is 0 Å². The molecule has 0 aromatic carbocycles. The Labute approximate surface area is 462 Å². The van der Waals surface area contributed by atoms with E-state index < -0.39 is 12.1 Å². The number of hydrogen-bond acceptors (Lipinski definition) is 12. The van der Waals surface area contributed by atoms with Crippen molar-refractivity contribution in [3.8, 4) is 5.88 Å². The summed E-state index contributed by atoms with van der Waals surface area (Å²) in [7, 11) is 2.14. The standard InChI is InChI=1S/C62H112N3O9S/c1-8-11-14-17-19-21-23-25-27-29-31-33-36-43-56(66)71-51-55(52-72-57(67)44-37-34-32-30-28-26-24-22-20-18-15-12-9-2)74-58(68)45-38-35-39-46-62(5,6)49-59(69)73-53(4)65(7)47-41-42-54(50-65)60-61(64-75-63-60)70-48-40-16-13-10-3/h42,53,55H,8-41,43-52H2,1-7H3/q+1/t53-,65?/m0/s1. The Morgan fingerprint density at radius 3 is 1.47 bits per heavy atom. The average Bonchev–Trinajstić information content (AvgIpc) is 3.86. The zero-order valence-corrected chi connectivity index (χ0v) is 50.1. The predicted octanol–water partition coefficient (Wildman–Crippen LogP) is 16.9. The number of nitrogens with zero attached hydrogens (tertiary/aromatic N) is 3. The first kappa shape index (κ1) is 68.0. The van der Waals surface area contributed by atoms with E-state index in [9.17, 15) is 19.2 Å².